The molecule has 0 aromatic carbocycles. The zero-order chi connectivity index (χ0) is 14.4. The smallest absolute Gasteiger partial charge is 0.242 e. The predicted molar refractivity (Wildman–Crippen MR) is 78.5 cm³/mol. The van der Waals surface area contributed by atoms with E-state index in [1.165, 1.54) is 0 Å². The van der Waals surface area contributed by atoms with E-state index in [4.69, 9.17) is 0 Å². The highest BCUT2D eigenvalue weighted by Crippen LogP contribution is 2.21. The van der Waals surface area contributed by atoms with Gasteiger partial charge < -0.3 is 15.5 Å². The Bertz CT molecular complexity index is 434. The van der Waals surface area contributed by atoms with Gasteiger partial charge in [0.05, 0.1) is 0 Å². The van der Waals surface area contributed by atoms with Gasteiger partial charge in [-0.3, -0.25) is 4.79 Å². The summed E-state index contributed by atoms with van der Waals surface area (Å²) in [6.45, 7) is 4.60. The number of piperidine rings is 1. The number of hydrogen-bond acceptors (Lipinski definition) is 5. The molecule has 2 N–H and O–H groups in total. The number of nitrogens with one attached hydrogen (secondary N) is 2. The summed E-state index contributed by atoms with van der Waals surface area (Å²) in [6.07, 6.45) is 6.69. The van der Waals surface area contributed by atoms with Crippen LogP contribution in [0.4, 0.5) is 5.95 Å². The molecule has 1 atom stereocenters. The Balaban J connectivity index is 2.09. The lowest BCUT2D eigenvalue weighted by molar-refractivity contribution is -0.122. The standard InChI is InChI=1S/C14H23N5O/c1-3-16-8-11-9-17-14(18-10-11)19-7-5-4-6-12(19)13(20)15-2/h9-10,12,16H,3-8H2,1-2H3,(H,15,20). The van der Waals surface area contributed by atoms with Gasteiger partial charge in [-0.2, -0.15) is 0 Å². The van der Waals surface area contributed by atoms with Crippen molar-refractivity contribution in [3.8, 4) is 0 Å². The van der Waals surface area contributed by atoms with Gasteiger partial charge in [0, 0.05) is 38.1 Å². The lowest BCUT2D eigenvalue weighted by Gasteiger charge is -2.34. The Hall–Kier alpha value is -1.69. The maximum atomic E-state index is 11.9. The highest BCUT2D eigenvalue weighted by atomic mass is 16.2. The zero-order valence-corrected chi connectivity index (χ0v) is 12.2. The Kier molecular flexibility index (Phi) is 5.29. The number of amides is 1. The van der Waals surface area contributed by atoms with Crippen LogP contribution in [-0.4, -0.2) is 42.1 Å². The topological polar surface area (TPSA) is 70.2 Å². The molecule has 0 radical (unpaired) electrons. The van der Waals surface area contributed by atoms with Gasteiger partial charge in [-0.05, 0) is 25.8 Å². The molecule has 20 heavy (non-hydrogen) atoms. The largest absolute Gasteiger partial charge is 0.357 e. The number of carbonyl (C=O) groups is 1. The van der Waals surface area contributed by atoms with Crippen LogP contribution >= 0.6 is 0 Å². The summed E-state index contributed by atoms with van der Waals surface area (Å²) in [4.78, 5) is 22.8. The van der Waals surface area contributed by atoms with Gasteiger partial charge in [0.15, 0.2) is 0 Å². The van der Waals surface area contributed by atoms with Gasteiger partial charge in [0.25, 0.3) is 0 Å². The summed E-state index contributed by atoms with van der Waals surface area (Å²) in [5.41, 5.74) is 1.06. The Morgan fingerprint density at radius 2 is 2.15 bits per heavy atom. The van der Waals surface area contributed by atoms with Crippen molar-refractivity contribution in [1.82, 2.24) is 20.6 Å². The van der Waals surface area contributed by atoms with E-state index in [2.05, 4.69) is 27.5 Å². The normalized spacial score (nSPS) is 18.9. The van der Waals surface area contributed by atoms with Gasteiger partial charge in [-0.25, -0.2) is 9.97 Å². The molecule has 1 aliphatic rings. The second-order valence-corrected chi connectivity index (χ2v) is 4.99. The van der Waals surface area contributed by atoms with Gasteiger partial charge in [-0.15, -0.1) is 0 Å². The fourth-order valence-electron chi connectivity index (χ4n) is 2.47. The van der Waals surface area contributed by atoms with E-state index in [0.29, 0.717) is 5.95 Å². The molecule has 6 heteroatoms. The van der Waals surface area contributed by atoms with Crippen molar-refractivity contribution in [2.24, 2.45) is 0 Å². The van der Waals surface area contributed by atoms with Crippen LogP contribution in [0.25, 0.3) is 0 Å². The number of rotatable bonds is 5. The first-order valence-electron chi connectivity index (χ1n) is 7.26. The van der Waals surface area contributed by atoms with Crippen molar-refractivity contribution in [2.45, 2.75) is 38.8 Å². The van der Waals surface area contributed by atoms with Crippen molar-refractivity contribution < 1.29 is 4.79 Å². The molecule has 0 aliphatic carbocycles. The third kappa shape index (κ3) is 3.45. The molecule has 1 aromatic heterocycles. The van der Waals surface area contributed by atoms with E-state index in [1.807, 2.05) is 17.3 Å². The molecule has 1 fully saturated rings. The van der Waals surface area contributed by atoms with Crippen molar-refractivity contribution in [2.75, 3.05) is 25.0 Å². The van der Waals surface area contributed by atoms with Crippen molar-refractivity contribution in [1.29, 1.82) is 0 Å². The number of hydrogen-bond donors (Lipinski definition) is 2. The molecule has 1 saturated heterocycles. The summed E-state index contributed by atoms with van der Waals surface area (Å²) >= 11 is 0. The summed E-state index contributed by atoms with van der Waals surface area (Å²) in [5.74, 6) is 0.698. The lowest BCUT2D eigenvalue weighted by Crippen LogP contribution is -2.49. The van der Waals surface area contributed by atoms with E-state index in [9.17, 15) is 4.79 Å². The third-order valence-corrected chi connectivity index (χ3v) is 3.58. The molecule has 0 bridgehead atoms. The van der Waals surface area contributed by atoms with Gasteiger partial charge in [0.1, 0.15) is 6.04 Å². The molecule has 2 rings (SSSR count). The number of carbonyl (C=O) groups excluding carboxylic acids is 1. The quantitative estimate of drug-likeness (QED) is 0.829. The van der Waals surface area contributed by atoms with Crippen molar-refractivity contribution in [3.63, 3.8) is 0 Å². The summed E-state index contributed by atoms with van der Waals surface area (Å²) in [7, 11) is 1.68. The summed E-state index contributed by atoms with van der Waals surface area (Å²) < 4.78 is 0. The number of anilines is 1. The minimum atomic E-state index is -0.145. The molecule has 2 heterocycles. The van der Waals surface area contributed by atoms with E-state index in [1.54, 1.807) is 7.05 Å². The molecule has 1 unspecified atom stereocenters. The molecule has 110 valence electrons. The van der Waals surface area contributed by atoms with E-state index >= 15 is 0 Å². The van der Waals surface area contributed by atoms with E-state index in [-0.39, 0.29) is 11.9 Å². The van der Waals surface area contributed by atoms with Crippen LogP contribution in [0.15, 0.2) is 12.4 Å². The Morgan fingerprint density at radius 3 is 2.80 bits per heavy atom. The maximum absolute atomic E-state index is 11.9. The van der Waals surface area contributed by atoms with E-state index in [0.717, 1.165) is 44.5 Å². The number of aromatic nitrogens is 2. The number of likely N-dealkylation sites (N-methyl/N-ethyl adjacent to an activating group) is 1. The van der Waals surface area contributed by atoms with Crippen LogP contribution in [-0.2, 0) is 11.3 Å². The molecule has 1 aliphatic heterocycles. The summed E-state index contributed by atoms with van der Waals surface area (Å²) in [6, 6.07) is -0.145. The predicted octanol–water partition coefficient (Wildman–Crippen LogP) is 0.691. The second kappa shape index (κ2) is 7.19. The molecule has 0 spiro atoms. The van der Waals surface area contributed by atoms with Gasteiger partial charge in [-0.1, -0.05) is 6.92 Å². The first-order valence-corrected chi connectivity index (χ1v) is 7.26. The van der Waals surface area contributed by atoms with Crippen LogP contribution in [0, 0.1) is 0 Å². The first kappa shape index (κ1) is 14.7. The molecular formula is C14H23N5O. The number of nitrogens with zero attached hydrogens (tertiary/aromatic N) is 3. The van der Waals surface area contributed by atoms with Crippen LogP contribution in [0.2, 0.25) is 0 Å². The average Bonchev–Trinajstić information content (AvgIpc) is 2.52. The maximum Gasteiger partial charge on any atom is 0.242 e. The van der Waals surface area contributed by atoms with E-state index < -0.39 is 0 Å². The zero-order valence-electron chi connectivity index (χ0n) is 12.2. The Morgan fingerprint density at radius 1 is 1.40 bits per heavy atom. The third-order valence-electron chi connectivity index (χ3n) is 3.58. The minimum absolute atomic E-state index is 0.0463. The van der Waals surface area contributed by atoms with Crippen molar-refractivity contribution >= 4 is 11.9 Å². The van der Waals surface area contributed by atoms with Crippen LogP contribution < -0.4 is 15.5 Å². The average molecular weight is 277 g/mol. The fourth-order valence-corrected chi connectivity index (χ4v) is 2.47. The summed E-state index contributed by atoms with van der Waals surface area (Å²) in [5, 5.41) is 5.97. The fraction of sp³-hybridized carbons (Fsp3) is 0.643. The molecule has 6 nitrogen and oxygen atoms in total. The minimum Gasteiger partial charge on any atom is -0.357 e. The van der Waals surface area contributed by atoms with Crippen LogP contribution in [0.1, 0.15) is 31.7 Å². The van der Waals surface area contributed by atoms with Crippen LogP contribution in [0.3, 0.4) is 0 Å². The van der Waals surface area contributed by atoms with Gasteiger partial charge >= 0.3 is 0 Å². The highest BCUT2D eigenvalue weighted by Gasteiger charge is 2.29. The van der Waals surface area contributed by atoms with Crippen molar-refractivity contribution in [3.05, 3.63) is 18.0 Å². The Labute approximate surface area is 120 Å². The van der Waals surface area contributed by atoms with Crippen LogP contribution in [0.5, 0.6) is 0 Å². The molecule has 1 aromatic rings. The highest BCUT2D eigenvalue weighted by molar-refractivity contribution is 5.84. The molecule has 0 saturated carbocycles. The molecule has 1 amide bonds. The first-order chi connectivity index (χ1) is 9.76. The second-order valence-electron chi connectivity index (χ2n) is 4.99. The monoisotopic (exact) mass is 277 g/mol. The molecular weight excluding hydrogens is 254 g/mol. The lowest BCUT2D eigenvalue weighted by atomic mass is 10.0. The SMILES string of the molecule is CCNCc1cnc(N2CCCCC2C(=O)NC)nc1. The van der Waals surface area contributed by atoms with Gasteiger partial charge in [0.2, 0.25) is 11.9 Å².